The summed E-state index contributed by atoms with van der Waals surface area (Å²) in [6.45, 7) is 1.55. The number of hydrogen-bond donors (Lipinski definition) is 1. The van der Waals surface area contributed by atoms with Crippen LogP contribution in [0.5, 0.6) is 0 Å². The highest BCUT2D eigenvalue weighted by molar-refractivity contribution is 6.35. The zero-order valence-corrected chi connectivity index (χ0v) is 11.1. The molecule has 17 heavy (non-hydrogen) atoms. The van der Waals surface area contributed by atoms with E-state index in [0.717, 1.165) is 12.8 Å². The van der Waals surface area contributed by atoms with Gasteiger partial charge < -0.3 is 9.90 Å². The third kappa shape index (κ3) is 2.65. The van der Waals surface area contributed by atoms with Gasteiger partial charge in [0.1, 0.15) is 5.78 Å². The number of halogens is 2. The fourth-order valence-electron chi connectivity index (χ4n) is 2.26. The van der Waals surface area contributed by atoms with Crippen molar-refractivity contribution < 1.29 is 9.90 Å². The third-order valence-electron chi connectivity index (χ3n) is 3.33. The standard InChI is InChI=1S/C13H14Cl2O2/c1-8(16)7-13(4-5-13)12(17)10-3-2-9(14)6-11(10)15/h2-3,6,12,17H,4-5,7H2,1H3. The monoisotopic (exact) mass is 272 g/mol. The average molecular weight is 273 g/mol. The predicted molar refractivity (Wildman–Crippen MR) is 68.4 cm³/mol. The van der Waals surface area contributed by atoms with Crippen LogP contribution in [0.3, 0.4) is 0 Å². The lowest BCUT2D eigenvalue weighted by Gasteiger charge is -2.22. The first-order chi connectivity index (χ1) is 7.94. The van der Waals surface area contributed by atoms with Crippen LogP contribution in [0.25, 0.3) is 0 Å². The summed E-state index contributed by atoms with van der Waals surface area (Å²) in [7, 11) is 0. The molecule has 1 N–H and O–H groups in total. The molecule has 1 aromatic carbocycles. The lowest BCUT2D eigenvalue weighted by molar-refractivity contribution is -0.119. The van der Waals surface area contributed by atoms with Gasteiger partial charge in [-0.1, -0.05) is 29.3 Å². The van der Waals surface area contributed by atoms with E-state index in [0.29, 0.717) is 22.0 Å². The largest absolute Gasteiger partial charge is 0.388 e. The van der Waals surface area contributed by atoms with Crippen molar-refractivity contribution in [3.05, 3.63) is 33.8 Å². The normalized spacial score (nSPS) is 18.8. The first-order valence-electron chi connectivity index (χ1n) is 5.57. The Balaban J connectivity index is 2.25. The Morgan fingerprint density at radius 2 is 2.12 bits per heavy atom. The Labute approximate surface area is 111 Å². The quantitative estimate of drug-likeness (QED) is 0.906. The van der Waals surface area contributed by atoms with Gasteiger partial charge in [0.15, 0.2) is 0 Å². The second-order valence-corrected chi connectivity index (χ2v) is 5.65. The van der Waals surface area contributed by atoms with Gasteiger partial charge in [0.05, 0.1) is 6.10 Å². The molecule has 4 heteroatoms. The van der Waals surface area contributed by atoms with E-state index in [2.05, 4.69) is 0 Å². The number of aliphatic hydroxyl groups is 1. The molecule has 0 amide bonds. The first kappa shape index (κ1) is 12.9. The van der Waals surface area contributed by atoms with Crippen LogP contribution in [-0.2, 0) is 4.79 Å². The second-order valence-electron chi connectivity index (χ2n) is 4.81. The maximum absolute atomic E-state index is 11.2. The van der Waals surface area contributed by atoms with Gasteiger partial charge in [-0.15, -0.1) is 0 Å². The van der Waals surface area contributed by atoms with Gasteiger partial charge in [0.25, 0.3) is 0 Å². The summed E-state index contributed by atoms with van der Waals surface area (Å²) in [6.07, 6.45) is 1.46. The van der Waals surface area contributed by atoms with Crippen LogP contribution in [0.2, 0.25) is 10.0 Å². The minimum absolute atomic E-state index is 0.103. The SMILES string of the molecule is CC(=O)CC1(C(O)c2ccc(Cl)cc2Cl)CC1. The number of aliphatic hydroxyl groups excluding tert-OH is 1. The Hall–Kier alpha value is -0.570. The molecule has 1 aliphatic rings. The summed E-state index contributed by atoms with van der Waals surface area (Å²) in [5.74, 6) is 0.103. The van der Waals surface area contributed by atoms with Crippen molar-refractivity contribution in [2.75, 3.05) is 0 Å². The lowest BCUT2D eigenvalue weighted by Crippen LogP contribution is -2.17. The number of rotatable bonds is 4. The Morgan fingerprint density at radius 1 is 1.47 bits per heavy atom. The molecule has 0 aliphatic heterocycles. The third-order valence-corrected chi connectivity index (χ3v) is 3.89. The molecule has 92 valence electrons. The van der Waals surface area contributed by atoms with Gasteiger partial charge in [-0.25, -0.2) is 0 Å². The summed E-state index contributed by atoms with van der Waals surface area (Å²) in [4.78, 5) is 11.2. The summed E-state index contributed by atoms with van der Waals surface area (Å²) < 4.78 is 0. The van der Waals surface area contributed by atoms with E-state index in [-0.39, 0.29) is 11.2 Å². The average Bonchev–Trinajstić information content (AvgIpc) is 2.97. The fraction of sp³-hybridized carbons (Fsp3) is 0.462. The molecule has 0 spiro atoms. The van der Waals surface area contributed by atoms with Crippen molar-refractivity contribution >= 4 is 29.0 Å². The molecule has 1 aliphatic carbocycles. The molecule has 1 unspecified atom stereocenters. The summed E-state index contributed by atoms with van der Waals surface area (Å²) in [6, 6.07) is 5.05. The number of carbonyl (C=O) groups excluding carboxylic acids is 1. The molecular formula is C13H14Cl2O2. The van der Waals surface area contributed by atoms with Crippen LogP contribution >= 0.6 is 23.2 Å². The van der Waals surface area contributed by atoms with Gasteiger partial charge in [-0.2, -0.15) is 0 Å². The van der Waals surface area contributed by atoms with Crippen LogP contribution in [-0.4, -0.2) is 10.9 Å². The molecule has 1 fully saturated rings. The number of benzene rings is 1. The molecule has 1 aromatic rings. The van der Waals surface area contributed by atoms with Crippen molar-refractivity contribution in [1.29, 1.82) is 0 Å². The minimum atomic E-state index is -0.684. The maximum atomic E-state index is 11.2. The van der Waals surface area contributed by atoms with E-state index in [4.69, 9.17) is 23.2 Å². The van der Waals surface area contributed by atoms with E-state index in [1.165, 1.54) is 0 Å². The molecule has 0 bridgehead atoms. The number of hydrogen-bond acceptors (Lipinski definition) is 2. The van der Waals surface area contributed by atoms with E-state index in [1.54, 1.807) is 25.1 Å². The molecule has 0 heterocycles. The Bertz CT molecular complexity index is 453. The van der Waals surface area contributed by atoms with E-state index < -0.39 is 6.10 Å². The summed E-state index contributed by atoms with van der Waals surface area (Å²) in [5.41, 5.74) is 0.360. The summed E-state index contributed by atoms with van der Waals surface area (Å²) in [5, 5.41) is 11.4. The van der Waals surface area contributed by atoms with Gasteiger partial charge >= 0.3 is 0 Å². The van der Waals surface area contributed by atoms with Gasteiger partial charge in [-0.3, -0.25) is 0 Å². The number of ketones is 1. The van der Waals surface area contributed by atoms with Crippen molar-refractivity contribution in [2.45, 2.75) is 32.3 Å². The smallest absolute Gasteiger partial charge is 0.130 e. The minimum Gasteiger partial charge on any atom is -0.388 e. The Kier molecular flexibility index (Phi) is 3.48. The lowest BCUT2D eigenvalue weighted by atomic mass is 9.88. The van der Waals surface area contributed by atoms with E-state index >= 15 is 0 Å². The highest BCUT2D eigenvalue weighted by Gasteiger charge is 2.50. The number of Topliss-reactive ketones (excluding diaryl/α,β-unsaturated/α-hetero) is 1. The van der Waals surface area contributed by atoms with Crippen molar-refractivity contribution in [1.82, 2.24) is 0 Å². The van der Waals surface area contributed by atoms with Crippen molar-refractivity contribution in [2.24, 2.45) is 5.41 Å². The molecule has 0 saturated heterocycles. The molecule has 2 rings (SSSR count). The molecule has 1 atom stereocenters. The van der Waals surface area contributed by atoms with Gasteiger partial charge in [0.2, 0.25) is 0 Å². The van der Waals surface area contributed by atoms with Gasteiger partial charge in [0, 0.05) is 21.9 Å². The maximum Gasteiger partial charge on any atom is 0.130 e. The number of carbonyl (C=O) groups is 1. The highest BCUT2D eigenvalue weighted by atomic mass is 35.5. The van der Waals surface area contributed by atoms with Gasteiger partial charge in [-0.05, 0) is 37.5 Å². The molecule has 0 radical (unpaired) electrons. The first-order valence-corrected chi connectivity index (χ1v) is 6.33. The van der Waals surface area contributed by atoms with Crippen LogP contribution in [0.15, 0.2) is 18.2 Å². The van der Waals surface area contributed by atoms with Crippen LogP contribution in [0.4, 0.5) is 0 Å². The highest BCUT2D eigenvalue weighted by Crippen LogP contribution is 2.58. The van der Waals surface area contributed by atoms with Crippen molar-refractivity contribution in [3.8, 4) is 0 Å². The second kappa shape index (κ2) is 4.60. The predicted octanol–water partition coefficient (Wildman–Crippen LogP) is 3.79. The van der Waals surface area contributed by atoms with Crippen LogP contribution in [0, 0.1) is 5.41 Å². The molecule has 2 nitrogen and oxygen atoms in total. The molecule has 0 aromatic heterocycles. The Morgan fingerprint density at radius 3 is 2.59 bits per heavy atom. The topological polar surface area (TPSA) is 37.3 Å². The van der Waals surface area contributed by atoms with Crippen LogP contribution in [0.1, 0.15) is 37.9 Å². The fourth-order valence-corrected chi connectivity index (χ4v) is 2.77. The molecule has 1 saturated carbocycles. The molecular weight excluding hydrogens is 259 g/mol. The summed E-state index contributed by atoms with van der Waals surface area (Å²) >= 11 is 11.9. The van der Waals surface area contributed by atoms with Crippen molar-refractivity contribution in [3.63, 3.8) is 0 Å². The zero-order valence-electron chi connectivity index (χ0n) is 9.54. The van der Waals surface area contributed by atoms with Crippen LogP contribution < -0.4 is 0 Å². The zero-order chi connectivity index (χ0) is 12.6. The van der Waals surface area contributed by atoms with E-state index in [9.17, 15) is 9.90 Å². The van der Waals surface area contributed by atoms with E-state index in [1.807, 2.05) is 0 Å².